The summed E-state index contributed by atoms with van der Waals surface area (Å²) in [7, 11) is 1.44. The fraction of sp³-hybridized carbons (Fsp3) is 0.692. The van der Waals surface area contributed by atoms with Crippen LogP contribution in [0.4, 0.5) is 0 Å². The van der Waals surface area contributed by atoms with Crippen LogP contribution in [-0.2, 0) is 25.5 Å². The van der Waals surface area contributed by atoms with Crippen LogP contribution >= 0.6 is 11.6 Å². The van der Waals surface area contributed by atoms with Crippen molar-refractivity contribution in [3.63, 3.8) is 0 Å². The molecule has 35 heavy (non-hydrogen) atoms. The minimum atomic E-state index is -1.21. The maximum atomic E-state index is 13.5. The number of hydrogen-bond donors (Lipinski definition) is 2. The molecular weight excluding hydrogens is 472 g/mol. The van der Waals surface area contributed by atoms with Crippen molar-refractivity contribution in [3.8, 4) is 0 Å². The SMILES string of the molecule is CO[C@@H]1CN(C(C)=O)C[C@@H](CC(C)C)N(C(=O)Cc2ccc(Cl)cc2)CCCCOC[C@@H](O)[C@H]1O. The number of benzene rings is 1. The van der Waals surface area contributed by atoms with Gasteiger partial charge in [0.2, 0.25) is 11.8 Å². The largest absolute Gasteiger partial charge is 0.388 e. The monoisotopic (exact) mass is 512 g/mol. The lowest BCUT2D eigenvalue weighted by Gasteiger charge is -2.38. The minimum Gasteiger partial charge on any atom is -0.388 e. The molecule has 1 saturated heterocycles. The van der Waals surface area contributed by atoms with Gasteiger partial charge in [0.25, 0.3) is 0 Å². The summed E-state index contributed by atoms with van der Waals surface area (Å²) in [6, 6.07) is 7.05. The Bertz CT molecular complexity index is 791. The van der Waals surface area contributed by atoms with Crippen molar-refractivity contribution in [2.45, 2.75) is 70.8 Å². The van der Waals surface area contributed by atoms with Crippen molar-refractivity contribution < 1.29 is 29.3 Å². The number of aliphatic hydroxyl groups is 2. The summed E-state index contributed by atoms with van der Waals surface area (Å²) in [6.07, 6.45) is -0.745. The first-order valence-electron chi connectivity index (χ1n) is 12.4. The highest BCUT2D eigenvalue weighted by molar-refractivity contribution is 6.30. The predicted molar refractivity (Wildman–Crippen MR) is 135 cm³/mol. The van der Waals surface area contributed by atoms with Crippen LogP contribution in [0, 0.1) is 5.92 Å². The Kier molecular flexibility index (Phi) is 12.4. The molecule has 1 aromatic carbocycles. The van der Waals surface area contributed by atoms with E-state index in [2.05, 4.69) is 13.8 Å². The third-order valence-corrected chi connectivity index (χ3v) is 6.61. The number of rotatable bonds is 5. The summed E-state index contributed by atoms with van der Waals surface area (Å²) in [4.78, 5) is 29.6. The minimum absolute atomic E-state index is 0.00626. The van der Waals surface area contributed by atoms with Gasteiger partial charge in [-0.1, -0.05) is 37.6 Å². The number of nitrogens with zero attached hydrogens (tertiary/aromatic N) is 2. The molecule has 2 rings (SSSR count). The number of carbonyl (C=O) groups is 2. The maximum absolute atomic E-state index is 13.5. The standard InChI is InChI=1S/C26H41ClN2O6/c1-18(2)13-22-15-28(19(3)30)16-24(34-4)26(33)23(31)17-35-12-6-5-11-29(22)25(32)14-20-7-9-21(27)10-8-20/h7-10,18,22-24,26,31,33H,5-6,11-17H2,1-4H3/t22-,23-,24-,26-/m1/s1. The van der Waals surface area contributed by atoms with Gasteiger partial charge in [0.05, 0.1) is 13.0 Å². The van der Waals surface area contributed by atoms with E-state index in [-0.39, 0.29) is 37.4 Å². The fourth-order valence-electron chi connectivity index (χ4n) is 4.40. The van der Waals surface area contributed by atoms with Crippen LogP contribution < -0.4 is 0 Å². The Balaban J connectivity index is 2.34. The third-order valence-electron chi connectivity index (χ3n) is 6.35. The second-order valence-electron chi connectivity index (χ2n) is 9.71. The van der Waals surface area contributed by atoms with Gasteiger partial charge < -0.3 is 29.5 Å². The van der Waals surface area contributed by atoms with E-state index in [0.717, 1.165) is 18.4 Å². The molecule has 198 valence electrons. The number of aliphatic hydroxyl groups excluding tert-OH is 2. The summed E-state index contributed by atoms with van der Waals surface area (Å²) in [5.41, 5.74) is 0.880. The molecular formula is C26H41ClN2O6. The highest BCUT2D eigenvalue weighted by Crippen LogP contribution is 2.19. The van der Waals surface area contributed by atoms with E-state index in [1.165, 1.54) is 14.0 Å². The Morgan fingerprint density at radius 2 is 1.86 bits per heavy atom. The lowest BCUT2D eigenvalue weighted by molar-refractivity contribution is -0.142. The molecule has 0 bridgehead atoms. The molecule has 0 aliphatic carbocycles. The summed E-state index contributed by atoms with van der Waals surface area (Å²) in [6.45, 7) is 6.99. The van der Waals surface area contributed by atoms with Crippen LogP contribution in [-0.4, -0.2) is 96.1 Å². The van der Waals surface area contributed by atoms with Crippen molar-refractivity contribution >= 4 is 23.4 Å². The highest BCUT2D eigenvalue weighted by atomic mass is 35.5. The van der Waals surface area contributed by atoms with Crippen LogP contribution in [0.25, 0.3) is 0 Å². The Hall–Kier alpha value is -1.71. The molecule has 2 N–H and O–H groups in total. The van der Waals surface area contributed by atoms with E-state index in [1.54, 1.807) is 17.0 Å². The molecule has 0 spiro atoms. The number of ether oxygens (including phenoxy) is 2. The van der Waals surface area contributed by atoms with Gasteiger partial charge in [-0.3, -0.25) is 9.59 Å². The van der Waals surface area contributed by atoms with Crippen LogP contribution in [0.5, 0.6) is 0 Å². The van der Waals surface area contributed by atoms with Crippen LogP contribution in [0.15, 0.2) is 24.3 Å². The predicted octanol–water partition coefficient (Wildman–Crippen LogP) is 2.52. The third kappa shape index (κ3) is 9.69. The quantitative estimate of drug-likeness (QED) is 0.629. The molecule has 1 aliphatic rings. The van der Waals surface area contributed by atoms with Crippen LogP contribution in [0.2, 0.25) is 5.02 Å². The molecule has 1 aliphatic heterocycles. The number of amides is 2. The molecule has 9 heteroatoms. The molecule has 4 atom stereocenters. The fourth-order valence-corrected chi connectivity index (χ4v) is 4.52. The molecule has 1 fully saturated rings. The van der Waals surface area contributed by atoms with Gasteiger partial charge in [-0.15, -0.1) is 0 Å². The number of methoxy groups -OCH3 is 1. The molecule has 8 nitrogen and oxygen atoms in total. The first-order valence-corrected chi connectivity index (χ1v) is 12.8. The molecule has 0 radical (unpaired) electrons. The zero-order chi connectivity index (χ0) is 26.0. The maximum Gasteiger partial charge on any atom is 0.227 e. The summed E-state index contributed by atoms with van der Waals surface area (Å²) >= 11 is 6.00. The molecule has 0 unspecified atom stereocenters. The van der Waals surface area contributed by atoms with Crippen molar-refractivity contribution in [2.24, 2.45) is 5.92 Å². The summed E-state index contributed by atoms with van der Waals surface area (Å²) in [5, 5.41) is 21.6. The molecule has 1 aromatic rings. The van der Waals surface area contributed by atoms with Crippen LogP contribution in [0.1, 0.15) is 45.6 Å². The second-order valence-corrected chi connectivity index (χ2v) is 10.1. The van der Waals surface area contributed by atoms with Crippen molar-refractivity contribution in [1.29, 1.82) is 0 Å². The lowest BCUT2D eigenvalue weighted by Crippen LogP contribution is -2.53. The highest BCUT2D eigenvalue weighted by Gasteiger charge is 2.32. The van der Waals surface area contributed by atoms with Gasteiger partial charge in [0, 0.05) is 51.3 Å². The van der Waals surface area contributed by atoms with E-state index in [4.69, 9.17) is 21.1 Å². The lowest BCUT2D eigenvalue weighted by atomic mass is 9.99. The average Bonchev–Trinajstić information content (AvgIpc) is 2.80. The van der Waals surface area contributed by atoms with E-state index >= 15 is 0 Å². The summed E-state index contributed by atoms with van der Waals surface area (Å²) in [5.74, 6) is 0.108. The van der Waals surface area contributed by atoms with Gasteiger partial charge >= 0.3 is 0 Å². The number of halogens is 1. The van der Waals surface area contributed by atoms with E-state index in [0.29, 0.717) is 37.1 Å². The summed E-state index contributed by atoms with van der Waals surface area (Å²) < 4.78 is 11.0. The Labute approximate surface area is 214 Å². The van der Waals surface area contributed by atoms with Crippen molar-refractivity contribution in [2.75, 3.05) is 40.0 Å². The first kappa shape index (κ1) is 29.5. The topological polar surface area (TPSA) is 99.5 Å². The van der Waals surface area contributed by atoms with Crippen LogP contribution in [0.3, 0.4) is 0 Å². The molecule has 0 aromatic heterocycles. The molecule has 0 saturated carbocycles. The Morgan fingerprint density at radius 3 is 2.46 bits per heavy atom. The molecule has 2 amide bonds. The second kappa shape index (κ2) is 14.8. The average molecular weight is 513 g/mol. The van der Waals surface area contributed by atoms with Crippen molar-refractivity contribution in [1.82, 2.24) is 9.80 Å². The number of hydrogen-bond acceptors (Lipinski definition) is 6. The normalized spacial score (nSPS) is 25.4. The van der Waals surface area contributed by atoms with Gasteiger partial charge in [0.15, 0.2) is 0 Å². The Morgan fingerprint density at radius 1 is 1.17 bits per heavy atom. The van der Waals surface area contributed by atoms with Gasteiger partial charge in [-0.25, -0.2) is 0 Å². The zero-order valence-corrected chi connectivity index (χ0v) is 22.1. The zero-order valence-electron chi connectivity index (χ0n) is 21.4. The van der Waals surface area contributed by atoms with E-state index < -0.39 is 18.3 Å². The van der Waals surface area contributed by atoms with Gasteiger partial charge in [0.1, 0.15) is 18.3 Å². The van der Waals surface area contributed by atoms with Crippen molar-refractivity contribution in [3.05, 3.63) is 34.9 Å². The smallest absolute Gasteiger partial charge is 0.227 e. The molecule has 1 heterocycles. The van der Waals surface area contributed by atoms with E-state index in [9.17, 15) is 19.8 Å². The van der Waals surface area contributed by atoms with Gasteiger partial charge in [-0.05, 0) is 42.9 Å². The number of carbonyl (C=O) groups excluding carboxylic acids is 2. The first-order chi connectivity index (χ1) is 16.6. The van der Waals surface area contributed by atoms with Gasteiger partial charge in [-0.2, -0.15) is 0 Å². The van der Waals surface area contributed by atoms with E-state index in [1.807, 2.05) is 17.0 Å².